The van der Waals surface area contributed by atoms with Crippen LogP contribution in [0, 0.1) is 19.3 Å². The maximum atomic E-state index is 13.5. The van der Waals surface area contributed by atoms with Crippen LogP contribution in [0.5, 0.6) is 0 Å². The topological polar surface area (TPSA) is 107 Å². The van der Waals surface area contributed by atoms with Crippen molar-refractivity contribution in [2.45, 2.75) is 49.1 Å². The molecule has 170 valence electrons. The van der Waals surface area contributed by atoms with Crippen LogP contribution in [0.15, 0.2) is 63.2 Å². The van der Waals surface area contributed by atoms with E-state index in [2.05, 4.69) is 4.98 Å². The van der Waals surface area contributed by atoms with Crippen molar-refractivity contribution in [3.63, 3.8) is 0 Å². The molecule has 1 atom stereocenters. The van der Waals surface area contributed by atoms with Crippen LogP contribution in [0.2, 0.25) is 0 Å². The summed E-state index contributed by atoms with van der Waals surface area (Å²) in [5.74, 6) is 0. The lowest BCUT2D eigenvalue weighted by Gasteiger charge is -2.18. The molecule has 0 spiro atoms. The van der Waals surface area contributed by atoms with Crippen molar-refractivity contribution in [2.75, 3.05) is 6.61 Å². The zero-order valence-electron chi connectivity index (χ0n) is 18.4. The Kier molecular flexibility index (Phi) is 5.18. The highest BCUT2D eigenvalue weighted by atomic mass is 32.2. The zero-order chi connectivity index (χ0) is 23.3. The third-order valence-electron chi connectivity index (χ3n) is 6.05. The Bertz CT molecular complexity index is 1610. The molecular formula is C24H24N4O4S. The molecule has 8 nitrogen and oxygen atoms in total. The Morgan fingerprint density at radius 2 is 1.85 bits per heavy atom. The van der Waals surface area contributed by atoms with Gasteiger partial charge >= 0.3 is 0 Å². The van der Waals surface area contributed by atoms with E-state index in [0.29, 0.717) is 12.3 Å². The van der Waals surface area contributed by atoms with Gasteiger partial charge in [0, 0.05) is 12.8 Å². The Balaban J connectivity index is 1.84. The molecule has 1 saturated heterocycles. The van der Waals surface area contributed by atoms with Crippen LogP contribution in [0.1, 0.15) is 24.0 Å². The van der Waals surface area contributed by atoms with E-state index >= 15 is 0 Å². The van der Waals surface area contributed by atoms with Gasteiger partial charge in [0.25, 0.3) is 5.56 Å². The Hall–Kier alpha value is -3.30. The molecule has 1 aromatic carbocycles. The van der Waals surface area contributed by atoms with Gasteiger partial charge in [-0.2, -0.15) is 0 Å². The lowest BCUT2D eigenvalue weighted by atomic mass is 10.2. The molecule has 0 aliphatic carbocycles. The van der Waals surface area contributed by atoms with Gasteiger partial charge in [-0.25, -0.2) is 13.4 Å². The van der Waals surface area contributed by atoms with Crippen molar-refractivity contribution in [1.29, 1.82) is 5.41 Å². The number of fused-ring (bicyclic) bond motifs is 2. The van der Waals surface area contributed by atoms with Gasteiger partial charge in [0.15, 0.2) is 0 Å². The second-order valence-electron chi connectivity index (χ2n) is 8.51. The van der Waals surface area contributed by atoms with Gasteiger partial charge < -0.3 is 9.30 Å². The van der Waals surface area contributed by atoms with E-state index in [-0.39, 0.29) is 44.5 Å². The third kappa shape index (κ3) is 3.67. The highest BCUT2D eigenvalue weighted by Gasteiger charge is 2.26. The summed E-state index contributed by atoms with van der Waals surface area (Å²) in [7, 11) is -4.04. The van der Waals surface area contributed by atoms with Crippen LogP contribution in [-0.4, -0.2) is 35.1 Å². The number of nitrogens with one attached hydrogen (secondary N) is 1. The Labute approximate surface area is 190 Å². The van der Waals surface area contributed by atoms with Crippen LogP contribution in [0.4, 0.5) is 0 Å². The second-order valence-corrected chi connectivity index (χ2v) is 10.4. The van der Waals surface area contributed by atoms with Gasteiger partial charge in [0.2, 0.25) is 9.84 Å². The van der Waals surface area contributed by atoms with Crippen LogP contribution in [0.3, 0.4) is 0 Å². The first-order valence-electron chi connectivity index (χ1n) is 10.8. The summed E-state index contributed by atoms with van der Waals surface area (Å²) >= 11 is 0. The number of aromatic nitrogens is 3. The standard InChI is InChI=1S/C24H24N4O4S/c1-15-5-8-18(9-6-15)33(30,31)20-12-19-23(28(22(20)25)14-17-4-3-11-32-17)26-21-10-7-16(2)13-27(21)24(19)29/h5-10,12-13,17,25H,3-4,11,14H2,1-2H3/t17-/m1/s1. The summed E-state index contributed by atoms with van der Waals surface area (Å²) < 4.78 is 35.7. The van der Waals surface area contributed by atoms with Crippen LogP contribution in [0.25, 0.3) is 16.7 Å². The number of pyridine rings is 2. The largest absolute Gasteiger partial charge is 0.376 e. The summed E-state index contributed by atoms with van der Waals surface area (Å²) in [5.41, 5.74) is 1.95. The highest BCUT2D eigenvalue weighted by molar-refractivity contribution is 7.91. The smallest absolute Gasteiger partial charge is 0.267 e. The summed E-state index contributed by atoms with van der Waals surface area (Å²) in [6.45, 7) is 4.61. The molecule has 0 amide bonds. The molecule has 3 aromatic heterocycles. The zero-order valence-corrected chi connectivity index (χ0v) is 19.2. The lowest BCUT2D eigenvalue weighted by Crippen LogP contribution is -2.33. The fourth-order valence-electron chi connectivity index (χ4n) is 4.24. The van der Waals surface area contributed by atoms with Crippen molar-refractivity contribution >= 4 is 26.5 Å². The number of aryl methyl sites for hydroxylation is 2. The average molecular weight is 465 g/mol. The number of sulfone groups is 1. The van der Waals surface area contributed by atoms with Gasteiger partial charge in [-0.05, 0) is 56.5 Å². The predicted molar refractivity (Wildman–Crippen MR) is 123 cm³/mol. The number of ether oxygens (including phenoxy) is 1. The van der Waals surface area contributed by atoms with E-state index in [0.717, 1.165) is 24.0 Å². The van der Waals surface area contributed by atoms with Gasteiger partial charge in [0.05, 0.1) is 22.9 Å². The van der Waals surface area contributed by atoms with Crippen molar-refractivity contribution in [1.82, 2.24) is 14.0 Å². The number of hydrogen-bond donors (Lipinski definition) is 1. The highest BCUT2D eigenvalue weighted by Crippen LogP contribution is 2.22. The van der Waals surface area contributed by atoms with Gasteiger partial charge in [-0.3, -0.25) is 14.6 Å². The average Bonchev–Trinajstić information content (AvgIpc) is 3.30. The van der Waals surface area contributed by atoms with Gasteiger partial charge in [-0.15, -0.1) is 0 Å². The minimum absolute atomic E-state index is 0.0781. The summed E-state index contributed by atoms with van der Waals surface area (Å²) in [6, 6.07) is 11.4. The fraction of sp³-hybridized carbons (Fsp3) is 0.292. The molecule has 4 aromatic rings. The van der Waals surface area contributed by atoms with Crippen molar-refractivity contribution in [3.8, 4) is 0 Å². The molecular weight excluding hydrogens is 440 g/mol. The summed E-state index contributed by atoms with van der Waals surface area (Å²) in [4.78, 5) is 17.9. The van der Waals surface area contributed by atoms with Gasteiger partial charge in [-0.1, -0.05) is 23.8 Å². The first-order valence-corrected chi connectivity index (χ1v) is 12.3. The van der Waals surface area contributed by atoms with Crippen LogP contribution >= 0.6 is 0 Å². The molecule has 1 aliphatic heterocycles. The molecule has 0 saturated carbocycles. The van der Waals surface area contributed by atoms with Crippen molar-refractivity contribution in [3.05, 3.63) is 75.6 Å². The maximum absolute atomic E-state index is 13.5. The van der Waals surface area contributed by atoms with E-state index in [1.165, 1.54) is 27.2 Å². The summed E-state index contributed by atoms with van der Waals surface area (Å²) in [6.07, 6.45) is 3.21. The minimum Gasteiger partial charge on any atom is -0.376 e. The Morgan fingerprint density at radius 1 is 1.12 bits per heavy atom. The van der Waals surface area contributed by atoms with Crippen molar-refractivity contribution in [2.24, 2.45) is 0 Å². The molecule has 0 bridgehead atoms. The van der Waals surface area contributed by atoms with Crippen LogP contribution < -0.4 is 11.0 Å². The van der Waals surface area contributed by atoms with Crippen molar-refractivity contribution < 1.29 is 13.2 Å². The van der Waals surface area contributed by atoms with Gasteiger partial charge in [0.1, 0.15) is 21.7 Å². The normalized spacial score (nSPS) is 16.6. The third-order valence-corrected chi connectivity index (χ3v) is 7.83. The monoisotopic (exact) mass is 464 g/mol. The van der Waals surface area contributed by atoms with Crippen LogP contribution in [-0.2, 0) is 21.1 Å². The first-order chi connectivity index (χ1) is 15.8. The predicted octanol–water partition coefficient (Wildman–Crippen LogP) is 2.76. The fourth-order valence-corrected chi connectivity index (χ4v) is 5.62. The SMILES string of the molecule is Cc1ccc(S(=O)(=O)c2cc3c(=O)n4cc(C)ccc4nc3n(C[C@H]3CCCO3)c2=N)cc1. The van der Waals surface area contributed by atoms with E-state index in [1.807, 2.05) is 19.9 Å². The summed E-state index contributed by atoms with van der Waals surface area (Å²) in [5, 5.41) is 8.98. The quantitative estimate of drug-likeness (QED) is 0.468. The lowest BCUT2D eigenvalue weighted by molar-refractivity contribution is 0.0965. The number of benzene rings is 1. The molecule has 9 heteroatoms. The molecule has 0 radical (unpaired) electrons. The van der Waals surface area contributed by atoms with E-state index in [4.69, 9.17) is 10.1 Å². The molecule has 5 rings (SSSR count). The first kappa shape index (κ1) is 21.5. The van der Waals surface area contributed by atoms with E-state index in [1.54, 1.807) is 24.4 Å². The number of rotatable bonds is 4. The molecule has 1 N–H and O–H groups in total. The maximum Gasteiger partial charge on any atom is 0.267 e. The second kappa shape index (κ2) is 7.93. The molecule has 4 heterocycles. The number of hydrogen-bond acceptors (Lipinski definition) is 6. The number of nitrogens with zero attached hydrogens (tertiary/aromatic N) is 3. The minimum atomic E-state index is -4.04. The molecule has 1 fully saturated rings. The van der Waals surface area contributed by atoms with E-state index in [9.17, 15) is 13.2 Å². The Morgan fingerprint density at radius 3 is 2.55 bits per heavy atom. The molecule has 1 aliphatic rings. The molecule has 33 heavy (non-hydrogen) atoms. The molecule has 0 unspecified atom stereocenters. The van der Waals surface area contributed by atoms with E-state index < -0.39 is 9.84 Å².